The van der Waals surface area contributed by atoms with Crippen LogP contribution in [0.25, 0.3) is 28.6 Å². The third-order valence-electron chi connectivity index (χ3n) is 3.90. The van der Waals surface area contributed by atoms with Gasteiger partial charge in [0, 0.05) is 17.0 Å². The van der Waals surface area contributed by atoms with Crippen molar-refractivity contribution >= 4 is 45.1 Å². The molecule has 28 heavy (non-hydrogen) atoms. The third-order valence-corrected chi connectivity index (χ3v) is 4.90. The number of thiophene rings is 1. The number of anilines is 1. The van der Waals surface area contributed by atoms with E-state index in [9.17, 15) is 14.9 Å². The second-order valence-corrected chi connectivity index (χ2v) is 6.88. The summed E-state index contributed by atoms with van der Waals surface area (Å²) in [5.74, 6) is 0.0505. The lowest BCUT2D eigenvalue weighted by molar-refractivity contribution is -0.380. The maximum absolute atomic E-state index is 12.3. The number of nitro groups is 1. The van der Waals surface area contributed by atoms with Crippen molar-refractivity contribution in [3.8, 4) is 11.5 Å². The van der Waals surface area contributed by atoms with E-state index in [1.807, 2.05) is 36.4 Å². The minimum Gasteiger partial charge on any atom is -0.436 e. The number of nitrogens with one attached hydrogen (secondary N) is 1. The van der Waals surface area contributed by atoms with E-state index < -0.39 is 4.92 Å². The van der Waals surface area contributed by atoms with Gasteiger partial charge in [-0.1, -0.05) is 35.6 Å². The smallest absolute Gasteiger partial charge is 0.324 e. The van der Waals surface area contributed by atoms with Gasteiger partial charge in [-0.3, -0.25) is 14.9 Å². The maximum Gasteiger partial charge on any atom is 0.324 e. The predicted octanol–water partition coefficient (Wildman–Crippen LogP) is 5.12. The molecule has 0 aliphatic rings. The fourth-order valence-corrected chi connectivity index (χ4v) is 3.35. The van der Waals surface area contributed by atoms with Crippen molar-refractivity contribution in [2.24, 2.45) is 0 Å². The Morgan fingerprint density at radius 3 is 2.68 bits per heavy atom. The monoisotopic (exact) mass is 391 g/mol. The number of carbonyl (C=O) groups excluding carboxylic acids is 1. The molecule has 2 heterocycles. The van der Waals surface area contributed by atoms with Crippen LogP contribution < -0.4 is 5.32 Å². The zero-order valence-corrected chi connectivity index (χ0v) is 15.2. The van der Waals surface area contributed by atoms with Gasteiger partial charge >= 0.3 is 5.00 Å². The van der Waals surface area contributed by atoms with Gasteiger partial charge in [0.15, 0.2) is 5.58 Å². The van der Waals surface area contributed by atoms with E-state index >= 15 is 0 Å². The van der Waals surface area contributed by atoms with Gasteiger partial charge < -0.3 is 9.73 Å². The van der Waals surface area contributed by atoms with Gasteiger partial charge in [0.25, 0.3) is 0 Å². The zero-order chi connectivity index (χ0) is 19.5. The van der Waals surface area contributed by atoms with Crippen molar-refractivity contribution < 1.29 is 14.1 Å². The maximum atomic E-state index is 12.3. The molecule has 1 N–H and O–H groups in total. The van der Waals surface area contributed by atoms with Gasteiger partial charge in [0.05, 0.1) is 16.2 Å². The number of hydrogen-bond donors (Lipinski definition) is 1. The van der Waals surface area contributed by atoms with Crippen molar-refractivity contribution in [2.45, 2.75) is 0 Å². The van der Waals surface area contributed by atoms with Crippen molar-refractivity contribution in [2.75, 3.05) is 5.32 Å². The van der Waals surface area contributed by atoms with Crippen LogP contribution in [0.3, 0.4) is 0 Å². The zero-order valence-electron chi connectivity index (χ0n) is 14.4. The lowest BCUT2D eigenvalue weighted by atomic mass is 10.1. The molecule has 0 saturated carbocycles. The fraction of sp³-hybridized carbons (Fsp3) is 0. The molecule has 8 heteroatoms. The van der Waals surface area contributed by atoms with Crippen LogP contribution >= 0.6 is 11.3 Å². The van der Waals surface area contributed by atoms with Crippen LogP contribution in [0.1, 0.15) is 4.88 Å². The first kappa shape index (κ1) is 17.6. The molecule has 0 spiro atoms. The molecule has 4 rings (SSSR count). The van der Waals surface area contributed by atoms with Gasteiger partial charge in [0.1, 0.15) is 5.52 Å². The Morgan fingerprint density at radius 2 is 1.89 bits per heavy atom. The van der Waals surface area contributed by atoms with E-state index in [4.69, 9.17) is 4.42 Å². The molecule has 2 aromatic heterocycles. The summed E-state index contributed by atoms with van der Waals surface area (Å²) in [7, 11) is 0. The first-order chi connectivity index (χ1) is 13.6. The summed E-state index contributed by atoms with van der Waals surface area (Å²) >= 11 is 1.00. The highest BCUT2D eigenvalue weighted by molar-refractivity contribution is 7.16. The molecule has 2 aromatic carbocycles. The number of amides is 1. The number of oxazole rings is 1. The van der Waals surface area contributed by atoms with Gasteiger partial charge in [-0.15, -0.1) is 0 Å². The molecule has 0 atom stereocenters. The average molecular weight is 391 g/mol. The molecule has 7 nitrogen and oxygen atoms in total. The number of para-hydroxylation sites is 3. The lowest BCUT2D eigenvalue weighted by Gasteiger charge is -2.06. The van der Waals surface area contributed by atoms with E-state index in [0.717, 1.165) is 16.9 Å². The van der Waals surface area contributed by atoms with Crippen LogP contribution in [0.5, 0.6) is 0 Å². The summed E-state index contributed by atoms with van der Waals surface area (Å²) in [6.45, 7) is 0. The van der Waals surface area contributed by atoms with E-state index in [1.54, 1.807) is 18.2 Å². The first-order valence-corrected chi connectivity index (χ1v) is 9.10. The topological polar surface area (TPSA) is 98.3 Å². The summed E-state index contributed by atoms with van der Waals surface area (Å²) in [4.78, 5) is 27.7. The normalized spacial score (nSPS) is 11.1. The van der Waals surface area contributed by atoms with E-state index in [-0.39, 0.29) is 10.9 Å². The highest BCUT2D eigenvalue weighted by atomic mass is 32.1. The van der Waals surface area contributed by atoms with Gasteiger partial charge in [0.2, 0.25) is 11.8 Å². The van der Waals surface area contributed by atoms with Crippen LogP contribution in [0.2, 0.25) is 0 Å². The quantitative estimate of drug-likeness (QED) is 0.289. The number of fused-ring (bicyclic) bond motifs is 1. The minimum atomic E-state index is -0.460. The Morgan fingerprint density at radius 1 is 1.11 bits per heavy atom. The SMILES string of the molecule is O=C(/C=C/c1ccc([N+](=O)[O-])s1)Nc1ccccc1-c1nc2ccccc2o1. The molecule has 138 valence electrons. The van der Waals surface area contributed by atoms with E-state index in [2.05, 4.69) is 10.3 Å². The number of rotatable bonds is 5. The number of carbonyl (C=O) groups is 1. The molecule has 4 aromatic rings. The summed E-state index contributed by atoms with van der Waals surface area (Å²) in [5.41, 5.74) is 2.61. The third kappa shape index (κ3) is 3.67. The number of hydrogen-bond acceptors (Lipinski definition) is 6. The fourth-order valence-electron chi connectivity index (χ4n) is 2.63. The molecule has 0 bridgehead atoms. The van der Waals surface area contributed by atoms with Gasteiger partial charge in [-0.2, -0.15) is 0 Å². The van der Waals surface area contributed by atoms with E-state index in [0.29, 0.717) is 27.6 Å². The first-order valence-electron chi connectivity index (χ1n) is 8.28. The summed E-state index contributed by atoms with van der Waals surface area (Å²) < 4.78 is 5.79. The standard InChI is InChI=1S/C20H13N3O4S/c24-18(11-9-13-10-12-19(28-13)23(25)26)21-15-6-2-1-5-14(15)20-22-16-7-3-4-8-17(16)27-20/h1-12H,(H,21,24)/b11-9+. The van der Waals surface area contributed by atoms with Crippen LogP contribution in [-0.4, -0.2) is 15.8 Å². The summed E-state index contributed by atoms with van der Waals surface area (Å²) in [5, 5.41) is 13.6. The number of aromatic nitrogens is 1. The van der Waals surface area contributed by atoms with Crippen molar-refractivity contribution in [1.29, 1.82) is 0 Å². The number of nitrogens with zero attached hydrogens (tertiary/aromatic N) is 2. The summed E-state index contributed by atoms with van der Waals surface area (Å²) in [6.07, 6.45) is 2.87. The van der Waals surface area contributed by atoms with Crippen molar-refractivity contribution in [3.05, 3.63) is 81.7 Å². The molecule has 1 amide bonds. The van der Waals surface area contributed by atoms with Crippen LogP contribution in [0, 0.1) is 10.1 Å². The Kier molecular flexibility index (Phi) is 4.69. The van der Waals surface area contributed by atoms with Gasteiger partial charge in [-0.05, 0) is 36.4 Å². The Balaban J connectivity index is 1.55. The molecule has 0 saturated heterocycles. The molecule has 0 aliphatic carbocycles. The second kappa shape index (κ2) is 7.45. The average Bonchev–Trinajstić information content (AvgIpc) is 3.34. The van der Waals surface area contributed by atoms with E-state index in [1.165, 1.54) is 18.2 Å². The minimum absolute atomic E-state index is 0.0290. The summed E-state index contributed by atoms with van der Waals surface area (Å²) in [6, 6.07) is 17.6. The second-order valence-electron chi connectivity index (χ2n) is 5.79. The predicted molar refractivity (Wildman–Crippen MR) is 108 cm³/mol. The van der Waals surface area contributed by atoms with Crippen molar-refractivity contribution in [3.63, 3.8) is 0 Å². The molecule has 0 radical (unpaired) electrons. The Hall–Kier alpha value is -3.78. The Labute approximate surface area is 163 Å². The Bertz CT molecular complexity index is 1180. The van der Waals surface area contributed by atoms with Crippen molar-refractivity contribution in [1.82, 2.24) is 4.98 Å². The molecular weight excluding hydrogens is 378 g/mol. The van der Waals surface area contributed by atoms with Crippen LogP contribution in [-0.2, 0) is 4.79 Å². The highest BCUT2D eigenvalue weighted by Gasteiger charge is 2.13. The molecule has 0 aliphatic heterocycles. The van der Waals surface area contributed by atoms with Gasteiger partial charge in [-0.25, -0.2) is 4.98 Å². The lowest BCUT2D eigenvalue weighted by Crippen LogP contribution is -2.08. The van der Waals surface area contributed by atoms with Crippen LogP contribution in [0.4, 0.5) is 10.7 Å². The largest absolute Gasteiger partial charge is 0.436 e. The molecule has 0 unspecified atom stereocenters. The molecular formula is C20H13N3O4S. The molecule has 0 fully saturated rings. The van der Waals surface area contributed by atoms with Crippen LogP contribution in [0.15, 0.2) is 71.2 Å². The highest BCUT2D eigenvalue weighted by Crippen LogP contribution is 2.30. The number of benzene rings is 2.